The summed E-state index contributed by atoms with van der Waals surface area (Å²) in [4.78, 5) is 18.2. The van der Waals surface area contributed by atoms with Gasteiger partial charge in [-0.15, -0.1) is 0 Å². The number of carbonyl (C=O) groups is 1. The maximum Gasteiger partial charge on any atom is 0.217 e. The second-order valence-electron chi connectivity index (χ2n) is 2.65. The molecule has 0 bridgehead atoms. The summed E-state index contributed by atoms with van der Waals surface area (Å²) < 4.78 is 0. The average molecular weight is 225 g/mol. The van der Waals surface area contributed by atoms with E-state index in [0.717, 1.165) is 0 Å². The first-order valence-corrected chi connectivity index (χ1v) is 4.48. The molecule has 0 aromatic carbocycles. The highest BCUT2D eigenvalue weighted by atomic mass is 35.5. The van der Waals surface area contributed by atoms with Gasteiger partial charge in [-0.2, -0.15) is 0 Å². The summed E-state index contributed by atoms with van der Waals surface area (Å²) in [5.41, 5.74) is 5.70. The third kappa shape index (κ3) is 3.83. The molecule has 0 unspecified atom stereocenters. The number of nitrogens with one attached hydrogen (secondary N) is 1. The maximum atomic E-state index is 10.5. The first-order chi connectivity index (χ1) is 7.09. The van der Waals surface area contributed by atoms with Crippen molar-refractivity contribution in [3.63, 3.8) is 0 Å². The zero-order valence-corrected chi connectivity index (χ0v) is 8.80. The minimum absolute atomic E-state index is 0.140. The summed E-state index contributed by atoms with van der Waals surface area (Å²) in [6.07, 6.45) is 1.37. The lowest BCUT2D eigenvalue weighted by Crippen LogP contribution is -2.19. The van der Waals surface area contributed by atoms with Gasteiger partial charge in [0.05, 0.1) is 12.7 Å². The summed E-state index contributed by atoms with van der Waals surface area (Å²) in [5, 5.41) is 2.68. The van der Waals surface area contributed by atoms with E-state index in [1.807, 2.05) is 0 Å². The Labute approximate surface area is 92.0 Å². The summed E-state index contributed by atoms with van der Waals surface area (Å²) in [6.45, 7) is 1.66. The van der Waals surface area contributed by atoms with E-state index in [0.29, 0.717) is 5.69 Å². The van der Waals surface area contributed by atoms with E-state index in [1.54, 1.807) is 0 Å². The Kier molecular flexibility index (Phi) is 3.89. The molecule has 0 spiro atoms. The lowest BCUT2D eigenvalue weighted by molar-refractivity contribution is -0.118. The third-order valence-corrected chi connectivity index (χ3v) is 1.64. The van der Waals surface area contributed by atoms with Crippen molar-refractivity contribution in [1.29, 1.82) is 0 Å². The van der Waals surface area contributed by atoms with Crippen LogP contribution >= 0.6 is 11.6 Å². The van der Waals surface area contributed by atoms with Crippen molar-refractivity contribution in [3.05, 3.63) is 17.0 Å². The molecule has 78 valence electrons. The number of hydrogen-bond donors (Lipinski definition) is 2. The van der Waals surface area contributed by atoms with Gasteiger partial charge in [-0.3, -0.25) is 4.79 Å². The topological polar surface area (TPSA) is 80.9 Å². The lowest BCUT2D eigenvalue weighted by atomic mass is 10.4. The van der Waals surface area contributed by atoms with Crippen LogP contribution in [0.2, 0.25) is 5.15 Å². The highest BCUT2D eigenvalue weighted by Gasteiger charge is 1.99. The zero-order chi connectivity index (χ0) is 11.3. The number of anilines is 1. The Bertz CT molecular complexity index is 435. The molecule has 1 rings (SSSR count). The van der Waals surface area contributed by atoms with Crippen LogP contribution in [0.4, 0.5) is 5.82 Å². The van der Waals surface area contributed by atoms with Gasteiger partial charge in [0.1, 0.15) is 5.82 Å². The maximum absolute atomic E-state index is 10.5. The van der Waals surface area contributed by atoms with Crippen LogP contribution in [0, 0.1) is 11.8 Å². The van der Waals surface area contributed by atoms with Crippen LogP contribution in [0.15, 0.2) is 6.20 Å². The van der Waals surface area contributed by atoms with Gasteiger partial charge in [-0.1, -0.05) is 17.5 Å². The Hall–Kier alpha value is -1.80. The fourth-order valence-electron chi connectivity index (χ4n) is 0.760. The molecule has 0 radical (unpaired) electrons. The van der Waals surface area contributed by atoms with E-state index in [2.05, 4.69) is 27.1 Å². The van der Waals surface area contributed by atoms with Gasteiger partial charge < -0.3 is 11.1 Å². The number of rotatable bonds is 1. The van der Waals surface area contributed by atoms with Crippen molar-refractivity contribution in [1.82, 2.24) is 15.3 Å². The summed E-state index contributed by atoms with van der Waals surface area (Å²) >= 11 is 5.73. The molecule has 1 aromatic heterocycles. The highest BCUT2D eigenvalue weighted by molar-refractivity contribution is 6.30. The van der Waals surface area contributed by atoms with Crippen molar-refractivity contribution in [2.45, 2.75) is 6.92 Å². The minimum Gasteiger partial charge on any atom is -0.382 e. The largest absolute Gasteiger partial charge is 0.382 e. The molecule has 1 heterocycles. The van der Waals surface area contributed by atoms with Crippen LogP contribution in [0.25, 0.3) is 0 Å². The minimum atomic E-state index is -0.140. The third-order valence-electron chi connectivity index (χ3n) is 1.38. The number of nitrogens with two attached hydrogens (primary N) is 1. The molecule has 0 aliphatic heterocycles. The molecule has 0 saturated carbocycles. The quantitative estimate of drug-likeness (QED) is 0.668. The number of nitrogens with zero attached hydrogens (tertiary/aromatic N) is 2. The Morgan fingerprint density at radius 3 is 3.07 bits per heavy atom. The van der Waals surface area contributed by atoms with Gasteiger partial charge in [-0.25, -0.2) is 9.97 Å². The smallest absolute Gasteiger partial charge is 0.217 e. The lowest BCUT2D eigenvalue weighted by Gasteiger charge is -1.95. The predicted molar refractivity (Wildman–Crippen MR) is 57.0 cm³/mol. The molecule has 6 heteroatoms. The Morgan fingerprint density at radius 1 is 1.73 bits per heavy atom. The van der Waals surface area contributed by atoms with E-state index < -0.39 is 0 Å². The first kappa shape index (κ1) is 11.3. The number of carbonyl (C=O) groups excluding carboxylic acids is 1. The van der Waals surface area contributed by atoms with Gasteiger partial charge in [0.15, 0.2) is 10.8 Å². The van der Waals surface area contributed by atoms with Crippen LogP contribution in [0.1, 0.15) is 12.6 Å². The summed E-state index contributed by atoms with van der Waals surface area (Å²) in [7, 11) is 0. The fourth-order valence-corrected chi connectivity index (χ4v) is 0.953. The zero-order valence-electron chi connectivity index (χ0n) is 8.04. The highest BCUT2D eigenvalue weighted by Crippen LogP contribution is 2.09. The van der Waals surface area contributed by atoms with Gasteiger partial charge >= 0.3 is 0 Å². The van der Waals surface area contributed by atoms with Crippen LogP contribution in [0.5, 0.6) is 0 Å². The van der Waals surface area contributed by atoms with E-state index in [-0.39, 0.29) is 23.4 Å². The van der Waals surface area contributed by atoms with Crippen LogP contribution in [0.3, 0.4) is 0 Å². The van der Waals surface area contributed by atoms with Gasteiger partial charge in [-0.05, 0) is 5.92 Å². The first-order valence-electron chi connectivity index (χ1n) is 4.11. The normalized spacial score (nSPS) is 8.93. The molecule has 1 amide bonds. The van der Waals surface area contributed by atoms with Crippen LogP contribution in [-0.2, 0) is 4.79 Å². The summed E-state index contributed by atoms with van der Waals surface area (Å²) in [6, 6.07) is 0. The molecule has 0 aliphatic rings. The fraction of sp³-hybridized carbons (Fsp3) is 0.222. The Balaban J connectivity index is 2.67. The van der Waals surface area contributed by atoms with Crippen molar-refractivity contribution in [2.24, 2.45) is 0 Å². The molecule has 0 aliphatic carbocycles. The van der Waals surface area contributed by atoms with Crippen molar-refractivity contribution in [2.75, 3.05) is 12.3 Å². The second kappa shape index (κ2) is 5.17. The van der Waals surface area contributed by atoms with Gasteiger partial charge in [0, 0.05) is 6.92 Å². The van der Waals surface area contributed by atoms with E-state index >= 15 is 0 Å². The molecule has 3 N–H and O–H groups in total. The Morgan fingerprint density at radius 2 is 2.47 bits per heavy atom. The predicted octanol–water partition coefficient (Wildman–Crippen LogP) is 0.200. The SMILES string of the molecule is CC(=O)NCC#Cc1ncc(N)nc1Cl. The van der Waals surface area contributed by atoms with Crippen molar-refractivity contribution >= 4 is 23.3 Å². The average Bonchev–Trinajstić information content (AvgIpc) is 2.14. The van der Waals surface area contributed by atoms with Gasteiger partial charge in [0.25, 0.3) is 0 Å². The number of halogens is 1. The van der Waals surface area contributed by atoms with Crippen LogP contribution < -0.4 is 11.1 Å². The number of hydrogen-bond acceptors (Lipinski definition) is 4. The number of aromatic nitrogens is 2. The molecule has 0 atom stereocenters. The van der Waals surface area contributed by atoms with Crippen molar-refractivity contribution in [3.8, 4) is 11.8 Å². The number of amides is 1. The second-order valence-corrected chi connectivity index (χ2v) is 3.00. The molecular weight excluding hydrogens is 216 g/mol. The molecule has 5 nitrogen and oxygen atoms in total. The summed E-state index contributed by atoms with van der Waals surface area (Å²) in [5.74, 6) is 5.46. The van der Waals surface area contributed by atoms with Gasteiger partial charge in [0.2, 0.25) is 5.91 Å². The van der Waals surface area contributed by atoms with Crippen molar-refractivity contribution < 1.29 is 4.79 Å². The monoisotopic (exact) mass is 224 g/mol. The standard InChI is InChI=1S/C9H9ClN4O/c1-6(15)12-4-2-3-7-9(10)14-8(11)5-13-7/h5H,4H2,1H3,(H2,11,14)(H,12,15). The van der Waals surface area contributed by atoms with Crippen LogP contribution in [-0.4, -0.2) is 22.4 Å². The molecule has 1 aromatic rings. The molecular formula is C9H9ClN4O. The molecule has 0 saturated heterocycles. The van der Waals surface area contributed by atoms with E-state index in [4.69, 9.17) is 17.3 Å². The number of nitrogen functional groups attached to an aromatic ring is 1. The molecule has 0 fully saturated rings. The molecule has 15 heavy (non-hydrogen) atoms. The van der Waals surface area contributed by atoms with E-state index in [1.165, 1.54) is 13.1 Å². The van der Waals surface area contributed by atoms with E-state index in [9.17, 15) is 4.79 Å².